The molecule has 2 amide bonds. The number of halogens is 3. The summed E-state index contributed by atoms with van der Waals surface area (Å²) in [4.78, 5) is 69.0. The lowest BCUT2D eigenvalue weighted by molar-refractivity contribution is -0.114. The maximum absolute atomic E-state index is 14.5. The SMILES string of the molecule is CNC(=O)c1ccc(N2CCN(Cc3ccc4c(c3C)CC(=O)C(OC)=N4)CC2)c(F)n1.CNC(=O)c1ccc(N2CCNCC2)c(F)n1.COC1=Nc2ccc(CBr)c(C)c2CC1=O. The van der Waals surface area contributed by atoms with Gasteiger partial charge in [0.2, 0.25) is 23.5 Å². The molecule has 3 N–H and O–H groups in total. The maximum Gasteiger partial charge on any atom is 0.269 e. The first kappa shape index (κ1) is 48.3. The van der Waals surface area contributed by atoms with Gasteiger partial charge in [0.25, 0.3) is 23.6 Å². The molecule has 4 aromatic rings. The van der Waals surface area contributed by atoms with Crippen molar-refractivity contribution < 1.29 is 37.4 Å². The summed E-state index contributed by atoms with van der Waals surface area (Å²) in [5, 5.41) is 8.85. The van der Waals surface area contributed by atoms with Crippen LogP contribution in [0.1, 0.15) is 54.4 Å². The molecular weight excluding hydrogens is 906 g/mol. The van der Waals surface area contributed by atoms with Crippen molar-refractivity contribution in [3.8, 4) is 0 Å². The number of aliphatic imine (C=N–C) groups is 2. The van der Waals surface area contributed by atoms with Crippen LogP contribution in [-0.2, 0) is 43.8 Å². The number of ketones is 2. The summed E-state index contributed by atoms with van der Waals surface area (Å²) in [6.45, 7) is 10.8. The van der Waals surface area contributed by atoms with E-state index in [4.69, 9.17) is 9.47 Å². The number of alkyl halides is 1. The molecule has 2 aromatic carbocycles. The molecular formula is C46H53BrF2N10O6. The zero-order chi connectivity index (χ0) is 46.8. The number of nitrogens with one attached hydrogen (secondary N) is 3. The minimum atomic E-state index is -0.634. The number of aromatic nitrogens is 2. The van der Waals surface area contributed by atoms with Gasteiger partial charge in [0, 0.05) is 91.2 Å². The van der Waals surface area contributed by atoms with Gasteiger partial charge < -0.3 is 35.2 Å². The van der Waals surface area contributed by atoms with Crippen molar-refractivity contribution in [3.05, 3.63) is 105 Å². The van der Waals surface area contributed by atoms with Gasteiger partial charge in [-0.15, -0.1) is 0 Å². The number of Topliss-reactive ketones (excluding diaryl/α,β-unsaturated/α-hetero) is 2. The number of hydrogen-bond acceptors (Lipinski definition) is 14. The first-order chi connectivity index (χ1) is 31.3. The molecule has 65 heavy (non-hydrogen) atoms. The molecule has 4 aliphatic rings. The molecule has 0 spiro atoms. The van der Waals surface area contributed by atoms with Crippen LogP contribution in [0, 0.1) is 25.7 Å². The Balaban J connectivity index is 0.000000178. The molecule has 0 unspecified atom stereocenters. The van der Waals surface area contributed by atoms with Gasteiger partial charge in [-0.1, -0.05) is 28.1 Å². The average molecular weight is 960 g/mol. The molecule has 2 aromatic heterocycles. The Bertz CT molecular complexity index is 2510. The third kappa shape index (κ3) is 11.4. The predicted octanol–water partition coefficient (Wildman–Crippen LogP) is 4.69. The van der Waals surface area contributed by atoms with Crippen LogP contribution < -0.4 is 25.8 Å². The fraction of sp³-hybridized carbons (Fsp3) is 0.391. The third-order valence-corrected chi connectivity index (χ3v) is 12.2. The van der Waals surface area contributed by atoms with Gasteiger partial charge in [-0.05, 0) is 83.6 Å². The minimum Gasteiger partial charge on any atom is -0.478 e. The molecule has 4 aliphatic heterocycles. The number of benzene rings is 2. The van der Waals surface area contributed by atoms with Crippen LogP contribution in [0.5, 0.6) is 0 Å². The summed E-state index contributed by atoms with van der Waals surface area (Å²) in [5.41, 5.74) is 9.21. The zero-order valence-electron chi connectivity index (χ0n) is 37.3. The van der Waals surface area contributed by atoms with Crippen molar-refractivity contribution in [1.29, 1.82) is 0 Å². The van der Waals surface area contributed by atoms with E-state index >= 15 is 0 Å². The zero-order valence-corrected chi connectivity index (χ0v) is 38.9. The number of hydrogen-bond donors (Lipinski definition) is 3. The molecule has 19 heteroatoms. The smallest absolute Gasteiger partial charge is 0.269 e. The number of nitrogens with zero attached hydrogens (tertiary/aromatic N) is 7. The van der Waals surface area contributed by atoms with E-state index in [2.05, 4.69) is 56.7 Å². The third-order valence-electron chi connectivity index (χ3n) is 11.6. The topological polar surface area (TPSA) is 183 Å². The van der Waals surface area contributed by atoms with Gasteiger partial charge in [0.15, 0.2) is 0 Å². The molecule has 0 bridgehead atoms. The number of ether oxygens (including phenoxy) is 2. The molecule has 0 radical (unpaired) electrons. The van der Waals surface area contributed by atoms with Crippen LogP contribution in [-0.4, -0.2) is 131 Å². The fourth-order valence-electron chi connectivity index (χ4n) is 7.82. The van der Waals surface area contributed by atoms with Crippen LogP contribution in [0.4, 0.5) is 31.5 Å². The van der Waals surface area contributed by atoms with E-state index in [1.165, 1.54) is 33.9 Å². The van der Waals surface area contributed by atoms with Crippen molar-refractivity contribution in [2.75, 3.05) is 90.5 Å². The second-order valence-electron chi connectivity index (χ2n) is 15.4. The molecule has 16 nitrogen and oxygen atoms in total. The summed E-state index contributed by atoms with van der Waals surface area (Å²) in [6.07, 6.45) is 0.683. The van der Waals surface area contributed by atoms with Gasteiger partial charge in [0.1, 0.15) is 11.4 Å². The predicted molar refractivity (Wildman–Crippen MR) is 248 cm³/mol. The van der Waals surface area contributed by atoms with Gasteiger partial charge >= 0.3 is 0 Å². The summed E-state index contributed by atoms with van der Waals surface area (Å²) in [7, 11) is 5.91. The van der Waals surface area contributed by atoms with Crippen molar-refractivity contribution in [2.24, 2.45) is 9.98 Å². The number of fused-ring (bicyclic) bond motifs is 2. The lowest BCUT2D eigenvalue weighted by atomic mass is 9.94. The van der Waals surface area contributed by atoms with Crippen molar-refractivity contribution >= 4 is 73.9 Å². The Morgan fingerprint density at radius 3 is 1.55 bits per heavy atom. The molecule has 0 atom stereocenters. The first-order valence-electron chi connectivity index (χ1n) is 21.1. The quantitative estimate of drug-likeness (QED) is 0.172. The van der Waals surface area contributed by atoms with Gasteiger partial charge in [-0.2, -0.15) is 8.78 Å². The highest BCUT2D eigenvalue weighted by Crippen LogP contribution is 2.32. The van der Waals surface area contributed by atoms with E-state index < -0.39 is 17.8 Å². The van der Waals surface area contributed by atoms with Crippen LogP contribution in [0.25, 0.3) is 0 Å². The monoisotopic (exact) mass is 958 g/mol. The highest BCUT2D eigenvalue weighted by molar-refractivity contribution is 9.08. The van der Waals surface area contributed by atoms with Crippen LogP contribution in [0.15, 0.2) is 58.5 Å². The average Bonchev–Trinajstić information content (AvgIpc) is 3.33. The van der Waals surface area contributed by atoms with Crippen LogP contribution in [0.3, 0.4) is 0 Å². The van der Waals surface area contributed by atoms with E-state index in [9.17, 15) is 28.0 Å². The van der Waals surface area contributed by atoms with E-state index in [-0.39, 0.29) is 40.7 Å². The standard InChI is InChI=1S/C23H26FN5O3.C12H12BrNO2.C11H15FN4O/c1-14-15(4-5-17-16(14)12-20(30)23(27-17)32-3)13-28-8-10-29(11-9-28)19-7-6-18(22(31)25-2)26-21(19)24;1-7-8(6-13)3-4-10-9(7)5-11(15)12(14-10)16-2;1-13-11(17)8-2-3-9(10(12)15-8)16-6-4-14-5-7-16/h4-7H,8-13H2,1-3H3,(H,25,31);3-4H,5-6H2,1-2H3;2-3,14H,4-7H2,1H3,(H,13,17). The molecule has 8 rings (SSSR count). The molecule has 0 saturated carbocycles. The molecule has 2 saturated heterocycles. The Morgan fingerprint density at radius 1 is 0.677 bits per heavy atom. The molecule has 6 heterocycles. The van der Waals surface area contributed by atoms with Gasteiger partial charge in [0.05, 0.1) is 37.0 Å². The van der Waals surface area contributed by atoms with Gasteiger partial charge in [-0.3, -0.25) is 24.1 Å². The highest BCUT2D eigenvalue weighted by atomic mass is 79.9. The number of pyridine rings is 2. The Hall–Kier alpha value is -6.18. The largest absolute Gasteiger partial charge is 0.478 e. The summed E-state index contributed by atoms with van der Waals surface area (Å²) < 4.78 is 38.3. The Labute approximate surface area is 385 Å². The Kier molecular flexibility index (Phi) is 16.4. The summed E-state index contributed by atoms with van der Waals surface area (Å²) >= 11 is 3.43. The summed E-state index contributed by atoms with van der Waals surface area (Å²) in [5.74, 6) is -1.80. The lowest BCUT2D eigenvalue weighted by Crippen LogP contribution is -2.46. The second-order valence-corrected chi connectivity index (χ2v) is 16.0. The number of rotatable bonds is 7. The highest BCUT2D eigenvalue weighted by Gasteiger charge is 2.27. The summed E-state index contributed by atoms with van der Waals surface area (Å²) in [6, 6.07) is 14.3. The van der Waals surface area contributed by atoms with Crippen molar-refractivity contribution in [1.82, 2.24) is 30.8 Å². The Morgan fingerprint density at radius 2 is 1.12 bits per heavy atom. The maximum atomic E-state index is 14.5. The van der Waals surface area contributed by atoms with Crippen LogP contribution >= 0.6 is 15.9 Å². The molecule has 0 aliphatic carbocycles. The number of amides is 2. The molecule has 2 fully saturated rings. The fourth-order valence-corrected chi connectivity index (χ4v) is 8.42. The number of piperazine rings is 2. The van der Waals surface area contributed by atoms with Crippen molar-refractivity contribution in [2.45, 2.75) is 38.6 Å². The number of carbonyl (C=O) groups is 4. The molecule has 344 valence electrons. The normalized spacial score (nSPS) is 15.8. The van der Waals surface area contributed by atoms with Crippen molar-refractivity contribution in [3.63, 3.8) is 0 Å². The van der Waals surface area contributed by atoms with E-state index in [0.29, 0.717) is 37.3 Å². The lowest BCUT2D eigenvalue weighted by Gasteiger charge is -2.36. The number of methoxy groups -OCH3 is 2. The van der Waals surface area contributed by atoms with E-state index in [1.54, 1.807) is 24.3 Å². The van der Waals surface area contributed by atoms with Gasteiger partial charge in [-0.25, -0.2) is 20.0 Å². The van der Waals surface area contributed by atoms with Crippen LogP contribution in [0.2, 0.25) is 0 Å². The number of anilines is 2. The first-order valence-corrected chi connectivity index (χ1v) is 22.2. The van der Waals surface area contributed by atoms with E-state index in [1.807, 2.05) is 47.9 Å². The minimum absolute atomic E-state index is 0.0511. The van der Waals surface area contributed by atoms with E-state index in [0.717, 1.165) is 90.3 Å². The number of carbonyl (C=O) groups excluding carboxylic acids is 4. The second kappa shape index (κ2) is 22.1.